The number of aromatic nitrogens is 2. The van der Waals surface area contributed by atoms with Crippen molar-refractivity contribution in [3.05, 3.63) is 96.2 Å². The van der Waals surface area contributed by atoms with E-state index in [-0.39, 0.29) is 5.91 Å². The van der Waals surface area contributed by atoms with Crippen LogP contribution in [0.25, 0.3) is 10.8 Å². The van der Waals surface area contributed by atoms with Gasteiger partial charge in [-0.2, -0.15) is 5.10 Å². The van der Waals surface area contributed by atoms with Crippen LogP contribution in [0.5, 0.6) is 0 Å². The summed E-state index contributed by atoms with van der Waals surface area (Å²) in [4.78, 5) is 12.3. The Morgan fingerprint density at radius 2 is 1.63 bits per heavy atom. The fourth-order valence-electron chi connectivity index (χ4n) is 2.74. The third-order valence-corrected chi connectivity index (χ3v) is 5.21. The summed E-state index contributed by atoms with van der Waals surface area (Å²) in [7, 11) is 0. The van der Waals surface area contributed by atoms with Crippen molar-refractivity contribution in [1.82, 2.24) is 10.2 Å². The third-order valence-electron chi connectivity index (χ3n) is 4.16. The Morgan fingerprint density at radius 1 is 0.889 bits per heavy atom. The number of fused-ring (bicyclic) bond motifs is 1. The maximum Gasteiger partial charge on any atom is 0.255 e. The third kappa shape index (κ3) is 4.15. The van der Waals surface area contributed by atoms with Crippen LogP contribution in [0, 0.1) is 0 Å². The normalized spacial score (nSPS) is 10.7. The lowest BCUT2D eigenvalue weighted by Crippen LogP contribution is -2.11. The predicted octanol–water partition coefficient (Wildman–Crippen LogP) is 5.17. The summed E-state index contributed by atoms with van der Waals surface area (Å²) >= 11 is 1.65. The highest BCUT2D eigenvalue weighted by molar-refractivity contribution is 7.98. The maximum atomic E-state index is 12.3. The minimum atomic E-state index is -0.111. The van der Waals surface area contributed by atoms with E-state index in [4.69, 9.17) is 0 Å². The number of benzene rings is 3. The summed E-state index contributed by atoms with van der Waals surface area (Å²) in [6.07, 6.45) is 1.78. The molecule has 132 valence electrons. The van der Waals surface area contributed by atoms with Gasteiger partial charge < -0.3 is 5.32 Å². The van der Waals surface area contributed by atoms with Crippen LogP contribution in [0.3, 0.4) is 0 Å². The molecular formula is C22H17N3OS. The van der Waals surface area contributed by atoms with E-state index < -0.39 is 0 Å². The van der Waals surface area contributed by atoms with Crippen molar-refractivity contribution in [3.8, 4) is 0 Å². The van der Waals surface area contributed by atoms with Gasteiger partial charge in [0, 0.05) is 27.8 Å². The van der Waals surface area contributed by atoms with Gasteiger partial charge in [0.2, 0.25) is 0 Å². The summed E-state index contributed by atoms with van der Waals surface area (Å²) in [5.74, 6) is 0.656. The van der Waals surface area contributed by atoms with Crippen LogP contribution in [-0.4, -0.2) is 16.1 Å². The molecular weight excluding hydrogens is 354 g/mol. The number of thioether (sulfide) groups is 1. The maximum absolute atomic E-state index is 12.3. The van der Waals surface area contributed by atoms with E-state index >= 15 is 0 Å². The molecule has 1 aromatic heterocycles. The molecule has 3 aromatic carbocycles. The number of carbonyl (C=O) groups is 1. The first kappa shape index (κ1) is 17.2. The number of amides is 1. The molecule has 0 aliphatic heterocycles. The van der Waals surface area contributed by atoms with Crippen molar-refractivity contribution in [3.63, 3.8) is 0 Å². The van der Waals surface area contributed by atoms with Crippen molar-refractivity contribution < 1.29 is 4.79 Å². The van der Waals surface area contributed by atoms with E-state index in [2.05, 4.69) is 21.6 Å². The molecule has 5 heteroatoms. The van der Waals surface area contributed by atoms with Crippen LogP contribution in [0.2, 0.25) is 0 Å². The van der Waals surface area contributed by atoms with Gasteiger partial charge >= 0.3 is 0 Å². The molecule has 0 aliphatic rings. The van der Waals surface area contributed by atoms with E-state index in [0.29, 0.717) is 5.56 Å². The molecule has 0 saturated carbocycles. The van der Waals surface area contributed by atoms with Gasteiger partial charge in [-0.15, -0.1) is 5.10 Å². The smallest absolute Gasteiger partial charge is 0.255 e. The summed E-state index contributed by atoms with van der Waals surface area (Å²) < 4.78 is 0. The number of nitrogens with one attached hydrogen (secondary N) is 1. The second kappa shape index (κ2) is 8.01. The largest absolute Gasteiger partial charge is 0.322 e. The Kier molecular flexibility index (Phi) is 5.12. The van der Waals surface area contributed by atoms with E-state index in [1.807, 2.05) is 72.8 Å². The van der Waals surface area contributed by atoms with Crippen LogP contribution < -0.4 is 5.32 Å². The van der Waals surface area contributed by atoms with Gasteiger partial charge in [0.25, 0.3) is 5.91 Å². The van der Waals surface area contributed by atoms with Gasteiger partial charge in [0.05, 0.1) is 6.20 Å². The molecule has 0 spiro atoms. The minimum absolute atomic E-state index is 0.111. The van der Waals surface area contributed by atoms with Gasteiger partial charge in [0.1, 0.15) is 5.03 Å². The Bertz CT molecular complexity index is 1060. The zero-order valence-corrected chi connectivity index (χ0v) is 15.3. The van der Waals surface area contributed by atoms with Crippen LogP contribution in [0.1, 0.15) is 15.9 Å². The molecule has 0 bridgehead atoms. The number of anilines is 1. The summed E-state index contributed by atoms with van der Waals surface area (Å²) in [6.45, 7) is 0. The molecule has 1 amide bonds. The molecule has 4 aromatic rings. The summed E-state index contributed by atoms with van der Waals surface area (Å²) in [6, 6.07) is 25.2. The minimum Gasteiger partial charge on any atom is -0.322 e. The number of nitrogens with zero attached hydrogens (tertiary/aromatic N) is 2. The molecule has 1 N–H and O–H groups in total. The first-order valence-electron chi connectivity index (χ1n) is 8.58. The number of hydrogen-bond donors (Lipinski definition) is 1. The van der Waals surface area contributed by atoms with E-state index in [9.17, 15) is 4.79 Å². The fourth-order valence-corrected chi connectivity index (χ4v) is 3.68. The van der Waals surface area contributed by atoms with Crippen LogP contribution in [0.4, 0.5) is 5.69 Å². The quantitative estimate of drug-likeness (QED) is 0.492. The Labute approximate surface area is 161 Å². The molecule has 0 atom stereocenters. The van der Waals surface area contributed by atoms with Gasteiger partial charge in [-0.3, -0.25) is 4.79 Å². The molecule has 27 heavy (non-hydrogen) atoms. The lowest BCUT2D eigenvalue weighted by atomic mass is 10.1. The highest BCUT2D eigenvalue weighted by Crippen LogP contribution is 2.27. The standard InChI is InChI=1S/C22H17N3OS/c26-21(24-19-7-2-1-3-8-19)17-12-10-16(11-13-17)15-27-22-20-9-5-4-6-18(20)14-23-25-22/h1-14H,15H2,(H,24,26). The topological polar surface area (TPSA) is 54.9 Å². The van der Waals surface area contributed by atoms with E-state index in [0.717, 1.165) is 32.8 Å². The summed E-state index contributed by atoms with van der Waals surface area (Å²) in [5.41, 5.74) is 2.56. The van der Waals surface area contributed by atoms with Crippen molar-refractivity contribution in [2.45, 2.75) is 10.8 Å². The van der Waals surface area contributed by atoms with E-state index in [1.54, 1.807) is 18.0 Å². The first-order valence-corrected chi connectivity index (χ1v) is 9.57. The van der Waals surface area contributed by atoms with E-state index in [1.165, 1.54) is 0 Å². The predicted molar refractivity (Wildman–Crippen MR) is 110 cm³/mol. The lowest BCUT2D eigenvalue weighted by Gasteiger charge is -2.07. The highest BCUT2D eigenvalue weighted by Gasteiger charge is 2.07. The number of para-hydroxylation sites is 1. The van der Waals surface area contributed by atoms with Gasteiger partial charge in [-0.05, 0) is 29.8 Å². The second-order valence-corrected chi connectivity index (χ2v) is 7.01. The second-order valence-electron chi connectivity index (χ2n) is 6.04. The van der Waals surface area contributed by atoms with Gasteiger partial charge in [-0.1, -0.05) is 66.4 Å². The lowest BCUT2D eigenvalue weighted by molar-refractivity contribution is 0.102. The summed E-state index contributed by atoms with van der Waals surface area (Å²) in [5, 5.41) is 14.3. The highest BCUT2D eigenvalue weighted by atomic mass is 32.2. The Balaban J connectivity index is 1.42. The number of carbonyl (C=O) groups excluding carboxylic acids is 1. The van der Waals surface area contributed by atoms with Gasteiger partial charge in [0.15, 0.2) is 0 Å². The zero-order chi connectivity index (χ0) is 18.5. The molecule has 0 aliphatic carbocycles. The molecule has 0 fully saturated rings. The van der Waals surface area contributed by atoms with Crippen molar-refractivity contribution >= 4 is 34.1 Å². The number of rotatable bonds is 5. The van der Waals surface area contributed by atoms with Crippen molar-refractivity contribution in [1.29, 1.82) is 0 Å². The SMILES string of the molecule is O=C(Nc1ccccc1)c1ccc(CSc2nncc3ccccc23)cc1. The van der Waals surface area contributed by atoms with Crippen LogP contribution >= 0.6 is 11.8 Å². The molecule has 0 unspecified atom stereocenters. The first-order chi connectivity index (χ1) is 13.3. The monoisotopic (exact) mass is 371 g/mol. The van der Waals surface area contributed by atoms with Gasteiger partial charge in [-0.25, -0.2) is 0 Å². The number of hydrogen-bond acceptors (Lipinski definition) is 4. The Hall–Kier alpha value is -3.18. The van der Waals surface area contributed by atoms with Crippen LogP contribution in [0.15, 0.2) is 90.1 Å². The van der Waals surface area contributed by atoms with Crippen molar-refractivity contribution in [2.75, 3.05) is 5.32 Å². The molecule has 4 rings (SSSR count). The fraction of sp³-hybridized carbons (Fsp3) is 0.0455. The molecule has 1 heterocycles. The van der Waals surface area contributed by atoms with Crippen LogP contribution in [-0.2, 0) is 5.75 Å². The average Bonchev–Trinajstić information content (AvgIpc) is 2.73. The Morgan fingerprint density at radius 3 is 2.44 bits per heavy atom. The molecule has 0 saturated heterocycles. The molecule has 4 nitrogen and oxygen atoms in total. The zero-order valence-electron chi connectivity index (χ0n) is 14.5. The average molecular weight is 371 g/mol. The molecule has 0 radical (unpaired) electrons. The van der Waals surface area contributed by atoms with Crippen molar-refractivity contribution in [2.24, 2.45) is 0 Å².